The van der Waals surface area contributed by atoms with Crippen LogP contribution in [0.25, 0.3) is 10.9 Å². The van der Waals surface area contributed by atoms with Crippen molar-refractivity contribution < 1.29 is 0 Å². The van der Waals surface area contributed by atoms with E-state index in [4.69, 9.17) is 0 Å². The number of hydrogen-bond acceptors (Lipinski definition) is 4. The summed E-state index contributed by atoms with van der Waals surface area (Å²) in [4.78, 5) is 19.4. The quantitative estimate of drug-likeness (QED) is 0.617. The molecule has 5 heteroatoms. The van der Waals surface area contributed by atoms with Crippen LogP contribution in [0.5, 0.6) is 0 Å². The van der Waals surface area contributed by atoms with Gasteiger partial charge in [0.1, 0.15) is 5.52 Å². The van der Waals surface area contributed by atoms with E-state index in [1.807, 2.05) is 0 Å². The minimum atomic E-state index is -0.180. The van der Waals surface area contributed by atoms with E-state index in [0.29, 0.717) is 16.7 Å². The maximum absolute atomic E-state index is 11.6. The summed E-state index contributed by atoms with van der Waals surface area (Å²) in [5, 5.41) is 4.44. The Morgan fingerprint density at radius 3 is 3.07 bits per heavy atom. The molecule has 0 unspecified atom stereocenters. The normalized spacial score (nSPS) is 10.4. The number of aliphatic imine (C=N–C) groups is 1. The van der Waals surface area contributed by atoms with Crippen molar-refractivity contribution in [2.45, 2.75) is 0 Å². The van der Waals surface area contributed by atoms with Gasteiger partial charge in [-0.05, 0) is 18.9 Å². The molecule has 2 aromatic rings. The molecule has 2 heterocycles. The minimum absolute atomic E-state index is 0.180. The van der Waals surface area contributed by atoms with Crippen LogP contribution >= 0.6 is 0 Å². The average Bonchev–Trinajstić information content (AvgIpc) is 2.23. The van der Waals surface area contributed by atoms with Crippen molar-refractivity contribution in [3.05, 3.63) is 28.7 Å². The first-order valence-corrected chi connectivity index (χ1v) is 4.03. The van der Waals surface area contributed by atoms with E-state index in [0.717, 1.165) is 0 Å². The molecule has 0 aliphatic heterocycles. The van der Waals surface area contributed by atoms with E-state index in [1.54, 1.807) is 25.4 Å². The van der Waals surface area contributed by atoms with E-state index >= 15 is 0 Å². The Kier molecular flexibility index (Phi) is 1.85. The fourth-order valence-electron chi connectivity index (χ4n) is 1.27. The topological polar surface area (TPSA) is 60.1 Å². The van der Waals surface area contributed by atoms with Gasteiger partial charge >= 0.3 is 0 Å². The van der Waals surface area contributed by atoms with E-state index < -0.39 is 0 Å². The molecule has 0 saturated carbocycles. The van der Waals surface area contributed by atoms with Gasteiger partial charge in [0.15, 0.2) is 5.82 Å². The molecule has 2 aromatic heterocycles. The first-order chi connectivity index (χ1) is 6.74. The standard InChI is InChI=1S/C9H8N4O/c1-10-8-7-6(4-3-5-11-7)9(14)13(2)12-8/h3-5H,1H2,2H3. The highest BCUT2D eigenvalue weighted by atomic mass is 16.1. The number of aromatic nitrogens is 3. The van der Waals surface area contributed by atoms with Crippen LogP contribution in [0, 0.1) is 0 Å². The highest BCUT2D eigenvalue weighted by Crippen LogP contribution is 2.16. The van der Waals surface area contributed by atoms with Crippen LogP contribution in [0.4, 0.5) is 5.82 Å². The minimum Gasteiger partial charge on any atom is -0.267 e. The Hall–Kier alpha value is -2.04. The van der Waals surface area contributed by atoms with Crippen molar-refractivity contribution in [1.82, 2.24) is 14.8 Å². The summed E-state index contributed by atoms with van der Waals surface area (Å²) >= 11 is 0. The average molecular weight is 188 g/mol. The van der Waals surface area contributed by atoms with Gasteiger partial charge < -0.3 is 0 Å². The van der Waals surface area contributed by atoms with E-state index in [1.165, 1.54) is 4.68 Å². The lowest BCUT2D eigenvalue weighted by Gasteiger charge is -2.01. The van der Waals surface area contributed by atoms with Gasteiger partial charge in [0.2, 0.25) is 0 Å². The Bertz CT molecular complexity index is 558. The smallest absolute Gasteiger partial charge is 0.267 e. The second kappa shape index (κ2) is 3.02. The van der Waals surface area contributed by atoms with E-state index in [-0.39, 0.29) is 5.56 Å². The number of aryl methyl sites for hydroxylation is 1. The van der Waals surface area contributed by atoms with Gasteiger partial charge in [0.25, 0.3) is 5.56 Å². The van der Waals surface area contributed by atoms with Crippen molar-refractivity contribution in [2.75, 3.05) is 0 Å². The van der Waals surface area contributed by atoms with E-state index in [9.17, 15) is 4.79 Å². The molecule has 0 aliphatic rings. The molecule has 0 atom stereocenters. The third-order valence-electron chi connectivity index (χ3n) is 1.94. The molecular formula is C9H8N4O. The summed E-state index contributed by atoms with van der Waals surface area (Å²) in [6, 6.07) is 3.40. The van der Waals surface area contributed by atoms with Crippen molar-refractivity contribution in [3.8, 4) is 0 Å². The molecule has 0 radical (unpaired) electrons. The second-order valence-electron chi connectivity index (χ2n) is 2.81. The maximum atomic E-state index is 11.6. The molecule has 0 N–H and O–H groups in total. The molecule has 0 fully saturated rings. The van der Waals surface area contributed by atoms with Gasteiger partial charge in [-0.25, -0.2) is 9.67 Å². The molecule has 5 nitrogen and oxygen atoms in total. The largest absolute Gasteiger partial charge is 0.276 e. The van der Waals surface area contributed by atoms with Gasteiger partial charge in [0.05, 0.1) is 5.39 Å². The number of nitrogens with zero attached hydrogens (tertiary/aromatic N) is 4. The summed E-state index contributed by atoms with van der Waals surface area (Å²) in [5.74, 6) is 0.378. The van der Waals surface area contributed by atoms with Crippen LogP contribution in [0.3, 0.4) is 0 Å². The lowest BCUT2D eigenvalue weighted by molar-refractivity contribution is 0.719. The zero-order valence-electron chi connectivity index (χ0n) is 7.64. The van der Waals surface area contributed by atoms with Gasteiger partial charge in [-0.15, -0.1) is 5.10 Å². The van der Waals surface area contributed by atoms with Crippen LogP contribution in [0.1, 0.15) is 0 Å². The lowest BCUT2D eigenvalue weighted by atomic mass is 10.3. The number of rotatable bonds is 1. The van der Waals surface area contributed by atoms with Gasteiger partial charge in [-0.1, -0.05) is 0 Å². The molecule has 0 saturated heterocycles. The Morgan fingerprint density at radius 2 is 2.36 bits per heavy atom. The molecule has 0 spiro atoms. The highest BCUT2D eigenvalue weighted by Gasteiger charge is 2.07. The third kappa shape index (κ3) is 1.10. The van der Waals surface area contributed by atoms with Crippen LogP contribution in [-0.4, -0.2) is 21.5 Å². The number of pyridine rings is 1. The van der Waals surface area contributed by atoms with Gasteiger partial charge in [-0.2, -0.15) is 0 Å². The summed E-state index contributed by atoms with van der Waals surface area (Å²) in [5.41, 5.74) is 0.311. The van der Waals surface area contributed by atoms with Crippen molar-refractivity contribution in [3.63, 3.8) is 0 Å². The van der Waals surface area contributed by atoms with Crippen LogP contribution < -0.4 is 5.56 Å². The molecule has 0 bridgehead atoms. The zero-order chi connectivity index (χ0) is 10.1. The van der Waals surface area contributed by atoms with Crippen LogP contribution in [0.15, 0.2) is 28.1 Å². The molecule has 0 aromatic carbocycles. The van der Waals surface area contributed by atoms with Gasteiger partial charge in [0, 0.05) is 13.2 Å². The number of fused-ring (bicyclic) bond motifs is 1. The predicted molar refractivity (Wildman–Crippen MR) is 54.0 cm³/mol. The Morgan fingerprint density at radius 1 is 1.57 bits per heavy atom. The fraction of sp³-hybridized carbons (Fsp3) is 0.111. The maximum Gasteiger partial charge on any atom is 0.276 e. The van der Waals surface area contributed by atoms with Crippen LogP contribution in [0.2, 0.25) is 0 Å². The van der Waals surface area contributed by atoms with Crippen molar-refractivity contribution >= 4 is 23.4 Å². The summed E-state index contributed by atoms with van der Waals surface area (Å²) in [6.45, 7) is 3.38. The molecular weight excluding hydrogens is 180 g/mol. The first-order valence-electron chi connectivity index (χ1n) is 4.03. The zero-order valence-corrected chi connectivity index (χ0v) is 7.64. The summed E-state index contributed by atoms with van der Waals surface area (Å²) in [6.07, 6.45) is 1.60. The predicted octanol–water partition coefficient (Wildman–Crippen LogP) is 0.661. The molecule has 70 valence electrons. The van der Waals surface area contributed by atoms with Crippen molar-refractivity contribution in [2.24, 2.45) is 12.0 Å². The third-order valence-corrected chi connectivity index (χ3v) is 1.94. The molecule has 14 heavy (non-hydrogen) atoms. The Labute approximate surface area is 79.7 Å². The summed E-state index contributed by atoms with van der Waals surface area (Å²) in [7, 11) is 1.57. The monoisotopic (exact) mass is 188 g/mol. The van der Waals surface area contributed by atoms with Gasteiger partial charge in [-0.3, -0.25) is 9.78 Å². The second-order valence-corrected chi connectivity index (χ2v) is 2.81. The molecule has 2 rings (SSSR count). The Balaban J connectivity index is 3.04. The fourth-order valence-corrected chi connectivity index (χ4v) is 1.27. The first kappa shape index (κ1) is 8.55. The SMILES string of the molecule is C=Nc1nn(C)c(=O)c2cccnc12. The van der Waals surface area contributed by atoms with E-state index in [2.05, 4.69) is 21.8 Å². The lowest BCUT2D eigenvalue weighted by Crippen LogP contribution is -2.19. The summed E-state index contributed by atoms with van der Waals surface area (Å²) < 4.78 is 1.23. The molecule has 0 amide bonds. The number of hydrogen-bond donors (Lipinski definition) is 0. The van der Waals surface area contributed by atoms with Crippen LogP contribution in [-0.2, 0) is 7.05 Å². The molecule has 0 aliphatic carbocycles. The highest BCUT2D eigenvalue weighted by molar-refractivity contribution is 5.85. The van der Waals surface area contributed by atoms with Crippen molar-refractivity contribution in [1.29, 1.82) is 0 Å².